The van der Waals surface area contributed by atoms with Crippen LogP contribution in [0.4, 0.5) is 0 Å². The summed E-state index contributed by atoms with van der Waals surface area (Å²) in [4.78, 5) is 37.6. The SMILES string of the molecule is O=C(OC[C@@H]1O[C@H](O)[C@@H](OC(=O)c2ccccc2)[C@@H]1OC(=O)c1ccccc1)c1ccccc1. The van der Waals surface area contributed by atoms with Crippen molar-refractivity contribution in [3.8, 4) is 0 Å². The number of rotatable bonds is 7. The molecule has 34 heavy (non-hydrogen) atoms. The lowest BCUT2D eigenvalue weighted by molar-refractivity contribution is -0.135. The van der Waals surface area contributed by atoms with Gasteiger partial charge in [0.05, 0.1) is 16.7 Å². The minimum absolute atomic E-state index is 0.252. The molecule has 3 aromatic carbocycles. The summed E-state index contributed by atoms with van der Waals surface area (Å²) in [6.45, 7) is -0.336. The lowest BCUT2D eigenvalue weighted by Gasteiger charge is -2.23. The number of esters is 3. The summed E-state index contributed by atoms with van der Waals surface area (Å²) in [6, 6.07) is 24.7. The third kappa shape index (κ3) is 5.48. The summed E-state index contributed by atoms with van der Waals surface area (Å²) >= 11 is 0. The first-order valence-corrected chi connectivity index (χ1v) is 10.6. The van der Waals surface area contributed by atoms with Crippen molar-refractivity contribution in [3.63, 3.8) is 0 Å². The van der Waals surface area contributed by atoms with Gasteiger partial charge in [0.2, 0.25) is 0 Å². The van der Waals surface area contributed by atoms with Gasteiger partial charge >= 0.3 is 17.9 Å². The van der Waals surface area contributed by atoms with Crippen molar-refractivity contribution in [1.82, 2.24) is 0 Å². The van der Waals surface area contributed by atoms with E-state index < -0.39 is 42.5 Å². The number of carbonyl (C=O) groups is 3. The number of aliphatic hydroxyl groups excluding tert-OH is 1. The second-order valence-electron chi connectivity index (χ2n) is 7.50. The molecular weight excluding hydrogens is 440 g/mol. The number of hydrogen-bond acceptors (Lipinski definition) is 8. The Morgan fingerprint density at radius 3 is 1.53 bits per heavy atom. The lowest BCUT2D eigenvalue weighted by atomic mass is 10.1. The van der Waals surface area contributed by atoms with Crippen LogP contribution < -0.4 is 0 Å². The molecule has 0 unspecified atom stereocenters. The van der Waals surface area contributed by atoms with Crippen molar-refractivity contribution in [2.75, 3.05) is 6.61 Å². The Bertz CT molecular complexity index is 1120. The van der Waals surface area contributed by atoms with E-state index in [0.717, 1.165) is 0 Å². The Morgan fingerprint density at radius 2 is 1.06 bits per heavy atom. The van der Waals surface area contributed by atoms with Crippen LogP contribution in [0.25, 0.3) is 0 Å². The van der Waals surface area contributed by atoms with Gasteiger partial charge in [0, 0.05) is 0 Å². The Kier molecular flexibility index (Phi) is 7.31. The van der Waals surface area contributed by atoms with Crippen LogP contribution in [0, 0.1) is 0 Å². The third-order valence-corrected chi connectivity index (χ3v) is 5.18. The van der Waals surface area contributed by atoms with Gasteiger partial charge in [0.15, 0.2) is 18.5 Å². The van der Waals surface area contributed by atoms with Crippen molar-refractivity contribution in [3.05, 3.63) is 108 Å². The molecular formula is C26H22O8. The van der Waals surface area contributed by atoms with Gasteiger partial charge in [-0.05, 0) is 36.4 Å². The Morgan fingerprint density at radius 1 is 0.647 bits per heavy atom. The van der Waals surface area contributed by atoms with Crippen molar-refractivity contribution >= 4 is 17.9 Å². The van der Waals surface area contributed by atoms with E-state index in [-0.39, 0.29) is 17.7 Å². The van der Waals surface area contributed by atoms with Gasteiger partial charge in [-0.25, -0.2) is 14.4 Å². The smallest absolute Gasteiger partial charge is 0.338 e. The molecule has 1 heterocycles. The maximum absolute atomic E-state index is 12.7. The normalized spacial score (nSPS) is 21.4. The molecule has 3 aromatic rings. The Balaban J connectivity index is 1.51. The van der Waals surface area contributed by atoms with Crippen molar-refractivity contribution in [2.24, 2.45) is 0 Å². The molecule has 0 aromatic heterocycles. The minimum atomic E-state index is -1.60. The maximum Gasteiger partial charge on any atom is 0.338 e. The molecule has 1 saturated heterocycles. The van der Waals surface area contributed by atoms with Crippen LogP contribution in [-0.2, 0) is 18.9 Å². The Labute approximate surface area is 195 Å². The van der Waals surface area contributed by atoms with E-state index in [9.17, 15) is 19.5 Å². The largest absolute Gasteiger partial charge is 0.459 e. The topological polar surface area (TPSA) is 108 Å². The average Bonchev–Trinajstić information content (AvgIpc) is 3.17. The summed E-state index contributed by atoms with van der Waals surface area (Å²) in [7, 11) is 0. The quantitative estimate of drug-likeness (QED) is 0.422. The molecule has 1 aliphatic heterocycles. The maximum atomic E-state index is 12.7. The number of benzene rings is 3. The molecule has 0 spiro atoms. The predicted molar refractivity (Wildman–Crippen MR) is 119 cm³/mol. The number of carbonyl (C=O) groups excluding carboxylic acids is 3. The molecule has 0 radical (unpaired) electrons. The van der Waals surface area contributed by atoms with E-state index in [1.54, 1.807) is 91.0 Å². The summed E-state index contributed by atoms with van der Waals surface area (Å²) in [5, 5.41) is 10.5. The van der Waals surface area contributed by atoms with Gasteiger partial charge < -0.3 is 24.1 Å². The fourth-order valence-electron chi connectivity index (χ4n) is 3.46. The van der Waals surface area contributed by atoms with Crippen LogP contribution in [0.15, 0.2) is 91.0 Å². The van der Waals surface area contributed by atoms with E-state index in [4.69, 9.17) is 18.9 Å². The van der Waals surface area contributed by atoms with Gasteiger partial charge in [0.25, 0.3) is 0 Å². The highest BCUT2D eigenvalue weighted by Gasteiger charge is 2.50. The zero-order valence-corrected chi connectivity index (χ0v) is 18.0. The first-order valence-electron chi connectivity index (χ1n) is 10.6. The Hall–Kier alpha value is -4.01. The molecule has 4 rings (SSSR count). The van der Waals surface area contributed by atoms with Crippen LogP contribution in [0.1, 0.15) is 31.1 Å². The van der Waals surface area contributed by atoms with Crippen LogP contribution in [0.5, 0.6) is 0 Å². The highest BCUT2D eigenvalue weighted by atomic mass is 16.7. The molecule has 8 nitrogen and oxygen atoms in total. The van der Waals surface area contributed by atoms with E-state index in [1.165, 1.54) is 0 Å². The highest BCUT2D eigenvalue weighted by Crippen LogP contribution is 2.28. The van der Waals surface area contributed by atoms with Crippen molar-refractivity contribution in [1.29, 1.82) is 0 Å². The highest BCUT2D eigenvalue weighted by molar-refractivity contribution is 5.90. The first kappa shape index (κ1) is 23.2. The van der Waals surface area contributed by atoms with Crippen molar-refractivity contribution < 1.29 is 38.4 Å². The van der Waals surface area contributed by atoms with Gasteiger partial charge in [-0.2, -0.15) is 0 Å². The van der Waals surface area contributed by atoms with Crippen molar-refractivity contribution in [2.45, 2.75) is 24.6 Å². The van der Waals surface area contributed by atoms with Crippen LogP contribution in [0.3, 0.4) is 0 Å². The fraction of sp³-hybridized carbons (Fsp3) is 0.192. The third-order valence-electron chi connectivity index (χ3n) is 5.18. The number of aliphatic hydroxyl groups is 1. The molecule has 8 heteroatoms. The summed E-state index contributed by atoms with van der Waals surface area (Å²) in [5.41, 5.74) is 0.838. The summed E-state index contributed by atoms with van der Waals surface area (Å²) < 4.78 is 21.8. The van der Waals surface area contributed by atoms with Gasteiger partial charge in [-0.3, -0.25) is 0 Å². The zero-order chi connectivity index (χ0) is 23.9. The molecule has 0 aliphatic carbocycles. The molecule has 0 amide bonds. The van der Waals surface area contributed by atoms with E-state index in [1.807, 2.05) is 0 Å². The molecule has 4 atom stereocenters. The second-order valence-corrected chi connectivity index (χ2v) is 7.50. The van der Waals surface area contributed by atoms with E-state index in [2.05, 4.69) is 0 Å². The standard InChI is InChI=1S/C26H22O8/c27-23(17-10-4-1-5-11-17)31-16-20-21(33-24(28)18-12-6-2-7-13-18)22(26(30)32-20)34-25(29)19-14-8-3-9-15-19/h1-15,20-22,26,30H,16H2/t20-,21+,22-,26-/m0/s1. The molecule has 1 fully saturated rings. The van der Waals surface area contributed by atoms with Gasteiger partial charge in [0.1, 0.15) is 12.7 Å². The minimum Gasteiger partial charge on any atom is -0.459 e. The zero-order valence-electron chi connectivity index (χ0n) is 18.0. The van der Waals surface area contributed by atoms with Crippen LogP contribution >= 0.6 is 0 Å². The van der Waals surface area contributed by atoms with Gasteiger partial charge in [-0.1, -0.05) is 54.6 Å². The molecule has 1 aliphatic rings. The average molecular weight is 462 g/mol. The first-order chi connectivity index (χ1) is 16.5. The predicted octanol–water partition coefficient (Wildman–Crippen LogP) is 3.01. The lowest BCUT2D eigenvalue weighted by Crippen LogP contribution is -2.42. The van der Waals surface area contributed by atoms with E-state index >= 15 is 0 Å². The number of ether oxygens (including phenoxy) is 4. The van der Waals surface area contributed by atoms with Crippen LogP contribution in [-0.4, -0.2) is 54.2 Å². The molecule has 0 bridgehead atoms. The van der Waals surface area contributed by atoms with Crippen LogP contribution in [0.2, 0.25) is 0 Å². The monoisotopic (exact) mass is 462 g/mol. The molecule has 0 saturated carbocycles. The number of hydrogen-bond donors (Lipinski definition) is 1. The van der Waals surface area contributed by atoms with E-state index in [0.29, 0.717) is 5.56 Å². The van der Waals surface area contributed by atoms with Gasteiger partial charge in [-0.15, -0.1) is 0 Å². The molecule has 174 valence electrons. The second kappa shape index (κ2) is 10.7. The fourth-order valence-corrected chi connectivity index (χ4v) is 3.46. The summed E-state index contributed by atoms with van der Waals surface area (Å²) in [5.74, 6) is -2.05. The summed E-state index contributed by atoms with van der Waals surface area (Å²) in [6.07, 6.45) is -5.22. The molecule has 1 N–H and O–H groups in total.